The average Bonchev–Trinajstić information content (AvgIpc) is 3.90. The van der Waals surface area contributed by atoms with Crippen LogP contribution in [0.4, 0.5) is 0 Å². The van der Waals surface area contributed by atoms with E-state index in [-0.39, 0.29) is 66.8 Å². The van der Waals surface area contributed by atoms with E-state index in [4.69, 9.17) is 18.8 Å². The molecule has 20 heteroatoms. The van der Waals surface area contributed by atoms with Crippen molar-refractivity contribution in [3.8, 4) is 120 Å². The van der Waals surface area contributed by atoms with Gasteiger partial charge in [0.25, 0.3) is 0 Å². The Morgan fingerprint density at radius 3 is 1.62 bits per heavy atom. The van der Waals surface area contributed by atoms with Crippen molar-refractivity contribution in [2.45, 2.75) is 0 Å². The number of phenols is 11. The lowest BCUT2D eigenvalue weighted by atomic mass is 9.70. The zero-order valence-corrected chi connectivity index (χ0v) is 34.5. The van der Waals surface area contributed by atoms with Crippen LogP contribution in [0.3, 0.4) is 0 Å². The molecule has 7 aromatic carbocycles. The lowest BCUT2D eigenvalue weighted by Crippen LogP contribution is -2.26. The van der Waals surface area contributed by atoms with E-state index in [1.807, 2.05) is 24.3 Å². The normalized spacial score (nSPS) is 11.7. The highest BCUT2D eigenvalue weighted by molar-refractivity contribution is 6.51. The summed E-state index contributed by atoms with van der Waals surface area (Å²) in [6, 6.07) is 21.6. The van der Waals surface area contributed by atoms with E-state index in [0.717, 1.165) is 5.39 Å². The number of aromatic hydroxyl groups is 11. The predicted octanol–water partition coefficient (Wildman–Crippen LogP) is 1.80. The van der Waals surface area contributed by atoms with Crippen molar-refractivity contribution in [2.75, 3.05) is 0 Å². The minimum Gasteiger partial charge on any atom is -0.505 e. The Labute approximate surface area is 368 Å². The molecule has 0 aliphatic heterocycles. The Morgan fingerprint density at radius 2 is 0.877 bits per heavy atom. The Bertz CT molecular complexity index is 3720. The molecular weight excluding hydrogens is 834 g/mol. The number of rotatable bonds is 5. The van der Waals surface area contributed by atoms with Gasteiger partial charge in [-0.05, 0) is 34.1 Å². The summed E-state index contributed by atoms with van der Waals surface area (Å²) in [5.74, 6) is -9.71. The summed E-state index contributed by atoms with van der Waals surface area (Å²) in [4.78, 5) is 14.2. The monoisotopic (exact) mass is 865 g/mol. The number of aromatic nitrogens is 3. The second-order valence-electron chi connectivity index (χ2n) is 15.7. The number of benzene rings is 7. The zero-order chi connectivity index (χ0) is 46.1. The van der Waals surface area contributed by atoms with Crippen molar-refractivity contribution in [2.24, 2.45) is 0 Å². The summed E-state index contributed by atoms with van der Waals surface area (Å²) in [5, 5.41) is 126. The zero-order valence-electron chi connectivity index (χ0n) is 34.5. The Balaban J connectivity index is 1.28. The Morgan fingerprint density at radius 1 is 0.338 bits per heavy atom. The minimum atomic E-state index is -1.08. The summed E-state index contributed by atoms with van der Waals surface area (Å²) < 4.78 is 12.4. The summed E-state index contributed by atoms with van der Waals surface area (Å²) >= 11 is 0. The molecule has 316 valence electrons. The van der Waals surface area contributed by atoms with Crippen molar-refractivity contribution in [3.05, 3.63) is 72.8 Å². The van der Waals surface area contributed by atoms with Crippen molar-refractivity contribution in [3.63, 3.8) is 0 Å². The lowest BCUT2D eigenvalue weighted by Gasteiger charge is -2.23. The molecule has 3 aromatic heterocycles. The molecule has 0 spiro atoms. The standard InChI is InChI=1S/C45H31B4N3O13/c46-26-19(20-28(48)38(61)40(63)39(62)31(20)54)27(47)36(59)30(53)21(26)23-33(56)37(60)29(49)22-24-32(55)34(57)25(35(58)42(24)65-41(22)23)45-51-43(13-7-2-1-3-8-13)50-44(52-45)15-10-6-12-17-18(15)14-9-4-5-11-16(14)64-17/h1-12,53-63H,46-49H2. The quantitative estimate of drug-likeness (QED) is 0.0668. The van der Waals surface area contributed by atoms with Gasteiger partial charge < -0.3 is 65.0 Å². The number of fused-ring (bicyclic) bond motifs is 6. The van der Waals surface area contributed by atoms with Crippen LogP contribution < -0.4 is 21.9 Å². The fourth-order valence-corrected chi connectivity index (χ4v) is 8.87. The second-order valence-corrected chi connectivity index (χ2v) is 15.7. The van der Waals surface area contributed by atoms with E-state index >= 15 is 0 Å². The number of hydrogen-bond acceptors (Lipinski definition) is 16. The number of phenolic OH excluding ortho intramolecular Hbond substituents is 11. The average molecular weight is 865 g/mol. The first-order valence-corrected chi connectivity index (χ1v) is 19.8. The molecule has 0 aliphatic carbocycles. The molecule has 0 amide bonds. The Hall–Kier alpha value is -8.79. The first-order valence-electron chi connectivity index (χ1n) is 19.8. The van der Waals surface area contributed by atoms with E-state index in [9.17, 15) is 56.2 Å². The Kier molecular flexibility index (Phi) is 8.75. The van der Waals surface area contributed by atoms with Gasteiger partial charge in [-0.25, -0.2) is 15.0 Å². The maximum Gasteiger partial charge on any atom is 0.204 e. The topological polar surface area (TPSA) is 287 Å². The SMILES string of the molecule is Bc1c(O)c(O)c(-c2c(O)c(O)c(B)c3c2oc2c(O)c(-c4nc(-c5ccccc5)nc(-c5cccc6oc7ccccc7c56)n4)c(O)c(O)c23)c(B)c1-c1c(B)c(O)c(O)c(O)c1O. The summed E-state index contributed by atoms with van der Waals surface area (Å²) in [6.45, 7) is 0. The third kappa shape index (κ3) is 5.52. The van der Waals surface area contributed by atoms with Gasteiger partial charge >= 0.3 is 0 Å². The summed E-state index contributed by atoms with van der Waals surface area (Å²) in [7, 11) is 5.43. The number of hydrogen-bond donors (Lipinski definition) is 11. The van der Waals surface area contributed by atoms with Crippen LogP contribution in [0.1, 0.15) is 0 Å². The van der Waals surface area contributed by atoms with Crippen LogP contribution in [-0.4, -0.2) is 103 Å². The van der Waals surface area contributed by atoms with Gasteiger partial charge in [-0.1, -0.05) is 66.1 Å². The largest absolute Gasteiger partial charge is 0.505 e. The third-order valence-corrected chi connectivity index (χ3v) is 12.1. The third-order valence-electron chi connectivity index (χ3n) is 12.1. The van der Waals surface area contributed by atoms with Crippen LogP contribution in [0.15, 0.2) is 81.6 Å². The van der Waals surface area contributed by atoms with Crippen molar-refractivity contribution in [1.29, 1.82) is 0 Å². The first-order chi connectivity index (χ1) is 31.0. The van der Waals surface area contributed by atoms with E-state index in [1.165, 1.54) is 31.4 Å². The molecule has 0 radical (unpaired) electrons. The van der Waals surface area contributed by atoms with Crippen LogP contribution >= 0.6 is 0 Å². The molecule has 3 heterocycles. The van der Waals surface area contributed by atoms with Crippen molar-refractivity contribution < 1.29 is 65.0 Å². The fourth-order valence-electron chi connectivity index (χ4n) is 8.87. The highest BCUT2D eigenvalue weighted by atomic mass is 16.4. The van der Waals surface area contributed by atoms with Crippen LogP contribution in [0.25, 0.3) is 100 Å². The summed E-state index contributed by atoms with van der Waals surface area (Å²) in [6.07, 6.45) is 0. The van der Waals surface area contributed by atoms with Gasteiger partial charge in [-0.3, -0.25) is 0 Å². The highest BCUT2D eigenvalue weighted by Crippen LogP contribution is 2.56. The molecule has 0 aliphatic rings. The lowest BCUT2D eigenvalue weighted by molar-refractivity contribution is 0.348. The van der Waals surface area contributed by atoms with Gasteiger partial charge in [0.05, 0.1) is 10.9 Å². The van der Waals surface area contributed by atoms with Crippen LogP contribution in [0.5, 0.6) is 63.2 Å². The minimum absolute atomic E-state index is 0.0236. The van der Waals surface area contributed by atoms with Gasteiger partial charge in [0, 0.05) is 38.4 Å². The van der Waals surface area contributed by atoms with E-state index in [2.05, 4.69) is 4.98 Å². The molecule has 10 rings (SSSR count). The molecule has 16 nitrogen and oxygen atoms in total. The molecule has 0 bridgehead atoms. The molecular formula is C45H31B4N3O13. The number of nitrogens with zero attached hydrogens (tertiary/aromatic N) is 3. The predicted molar refractivity (Wildman–Crippen MR) is 253 cm³/mol. The first kappa shape index (κ1) is 40.3. The number of para-hydroxylation sites is 1. The van der Waals surface area contributed by atoms with E-state index < -0.39 is 85.5 Å². The molecule has 0 fully saturated rings. The van der Waals surface area contributed by atoms with Crippen molar-refractivity contribution in [1.82, 2.24) is 15.0 Å². The molecule has 0 unspecified atom stereocenters. The van der Waals surface area contributed by atoms with Gasteiger partial charge in [0.15, 0.2) is 74.8 Å². The molecule has 0 saturated carbocycles. The maximum absolute atomic E-state index is 12.2. The van der Waals surface area contributed by atoms with E-state index in [0.29, 0.717) is 27.7 Å². The highest BCUT2D eigenvalue weighted by Gasteiger charge is 2.35. The molecule has 0 saturated heterocycles. The molecule has 11 N–H and O–H groups in total. The maximum atomic E-state index is 12.2. The molecule has 65 heavy (non-hydrogen) atoms. The second kappa shape index (κ2) is 14.1. The van der Waals surface area contributed by atoms with Crippen LogP contribution in [0.2, 0.25) is 0 Å². The van der Waals surface area contributed by atoms with Gasteiger partial charge in [0.1, 0.15) is 53.7 Å². The smallest absolute Gasteiger partial charge is 0.204 e. The number of furan rings is 2. The van der Waals surface area contributed by atoms with Crippen molar-refractivity contribution >= 4 is 97.1 Å². The van der Waals surface area contributed by atoms with Gasteiger partial charge in [-0.15, -0.1) is 0 Å². The molecule has 10 aromatic rings. The van der Waals surface area contributed by atoms with E-state index in [1.54, 1.807) is 48.5 Å². The van der Waals surface area contributed by atoms with Crippen LogP contribution in [-0.2, 0) is 0 Å². The molecule has 0 atom stereocenters. The van der Waals surface area contributed by atoms with Gasteiger partial charge in [0.2, 0.25) is 11.5 Å². The fraction of sp³-hybridized carbons (Fsp3) is 0. The summed E-state index contributed by atoms with van der Waals surface area (Å²) in [5.41, 5.74) is -0.709. The van der Waals surface area contributed by atoms with Gasteiger partial charge in [-0.2, -0.15) is 0 Å². The van der Waals surface area contributed by atoms with Crippen LogP contribution in [0, 0.1) is 0 Å².